The molecule has 0 amide bonds. The van der Waals surface area contributed by atoms with Crippen LogP contribution in [0.2, 0.25) is 0 Å². The fraction of sp³-hybridized carbons (Fsp3) is 0.267. The van der Waals surface area contributed by atoms with Crippen molar-refractivity contribution in [2.75, 3.05) is 7.11 Å². The van der Waals surface area contributed by atoms with E-state index >= 15 is 0 Å². The molecule has 0 spiro atoms. The second kappa shape index (κ2) is 5.45. The minimum Gasteiger partial charge on any atom is -0.496 e. The fourth-order valence-corrected chi connectivity index (χ4v) is 2.79. The number of thiophene rings is 1. The van der Waals surface area contributed by atoms with Gasteiger partial charge in [0, 0.05) is 16.5 Å². The molecule has 2 rings (SSSR count). The number of rotatable bonds is 4. The van der Waals surface area contributed by atoms with Crippen molar-refractivity contribution in [1.82, 2.24) is 0 Å². The predicted octanol–water partition coefficient (Wildman–Crippen LogP) is 4.25. The molecule has 0 saturated heterocycles. The summed E-state index contributed by atoms with van der Waals surface area (Å²) in [6, 6.07) is 5.92. The van der Waals surface area contributed by atoms with Crippen LogP contribution in [0.5, 0.6) is 5.75 Å². The van der Waals surface area contributed by atoms with Crippen molar-refractivity contribution in [3.05, 3.63) is 40.1 Å². The van der Waals surface area contributed by atoms with E-state index in [1.807, 2.05) is 23.6 Å². The lowest BCUT2D eigenvalue weighted by molar-refractivity contribution is 0.0698. The Bertz CT molecular complexity index is 599. The highest BCUT2D eigenvalue weighted by molar-refractivity contribution is 7.08. The third-order valence-corrected chi connectivity index (χ3v) is 3.82. The van der Waals surface area contributed by atoms with Crippen LogP contribution in [0.15, 0.2) is 29.0 Å². The molecule has 0 atom stereocenters. The molecule has 0 aliphatic carbocycles. The first-order valence-corrected chi connectivity index (χ1v) is 6.96. The third-order valence-electron chi connectivity index (χ3n) is 3.07. The summed E-state index contributed by atoms with van der Waals surface area (Å²) < 4.78 is 5.35. The molecular weight excluding hydrogens is 260 g/mol. The molecule has 1 aromatic carbocycles. The van der Waals surface area contributed by atoms with Gasteiger partial charge in [-0.1, -0.05) is 19.9 Å². The maximum atomic E-state index is 11.2. The Kier molecular flexibility index (Phi) is 3.90. The van der Waals surface area contributed by atoms with Gasteiger partial charge < -0.3 is 9.84 Å². The number of methoxy groups -OCH3 is 1. The Labute approximate surface area is 116 Å². The first-order valence-electron chi connectivity index (χ1n) is 6.02. The van der Waals surface area contributed by atoms with Crippen molar-refractivity contribution in [2.24, 2.45) is 0 Å². The van der Waals surface area contributed by atoms with Gasteiger partial charge in [-0.25, -0.2) is 4.79 Å². The summed E-state index contributed by atoms with van der Waals surface area (Å²) in [4.78, 5) is 11.2. The van der Waals surface area contributed by atoms with E-state index in [1.165, 1.54) is 16.9 Å². The maximum Gasteiger partial charge on any atom is 0.337 e. The van der Waals surface area contributed by atoms with Crippen molar-refractivity contribution in [1.29, 1.82) is 0 Å². The smallest absolute Gasteiger partial charge is 0.337 e. The first-order chi connectivity index (χ1) is 9.04. The number of ether oxygens (including phenoxy) is 1. The number of carboxylic acid groups (broad SMARTS) is 1. The normalized spacial score (nSPS) is 10.7. The van der Waals surface area contributed by atoms with Crippen LogP contribution in [0.4, 0.5) is 0 Å². The summed E-state index contributed by atoms with van der Waals surface area (Å²) in [5.74, 6) is 0.176. The highest BCUT2D eigenvalue weighted by Crippen LogP contribution is 2.36. The average molecular weight is 276 g/mol. The van der Waals surface area contributed by atoms with Gasteiger partial charge >= 0.3 is 5.97 Å². The van der Waals surface area contributed by atoms with Crippen molar-refractivity contribution < 1.29 is 14.6 Å². The topological polar surface area (TPSA) is 46.5 Å². The lowest BCUT2D eigenvalue weighted by Gasteiger charge is -2.12. The van der Waals surface area contributed by atoms with Gasteiger partial charge in [-0.15, -0.1) is 0 Å². The maximum absolute atomic E-state index is 11.2. The summed E-state index contributed by atoms with van der Waals surface area (Å²) in [5.41, 5.74) is 3.05. The molecule has 0 fully saturated rings. The van der Waals surface area contributed by atoms with Gasteiger partial charge in [0.15, 0.2) is 0 Å². The van der Waals surface area contributed by atoms with E-state index in [0.29, 0.717) is 17.2 Å². The SMILES string of the molecule is COc1ccc(C(C)C)cc1-c1cscc1C(=O)O. The number of hydrogen-bond acceptors (Lipinski definition) is 3. The summed E-state index contributed by atoms with van der Waals surface area (Å²) in [6.07, 6.45) is 0. The lowest BCUT2D eigenvalue weighted by atomic mass is 9.96. The molecule has 0 radical (unpaired) electrons. The van der Waals surface area contributed by atoms with E-state index in [-0.39, 0.29) is 0 Å². The summed E-state index contributed by atoms with van der Waals surface area (Å²) >= 11 is 1.39. The van der Waals surface area contributed by atoms with Gasteiger partial charge in [-0.05, 0) is 29.0 Å². The number of benzene rings is 1. The largest absolute Gasteiger partial charge is 0.496 e. The average Bonchev–Trinajstić information content (AvgIpc) is 2.87. The highest BCUT2D eigenvalue weighted by Gasteiger charge is 2.17. The van der Waals surface area contributed by atoms with Crippen molar-refractivity contribution in [3.8, 4) is 16.9 Å². The first kappa shape index (κ1) is 13.6. The molecule has 1 N–H and O–H groups in total. The van der Waals surface area contributed by atoms with Crippen LogP contribution in [-0.2, 0) is 0 Å². The van der Waals surface area contributed by atoms with Gasteiger partial charge in [0.2, 0.25) is 0 Å². The minimum atomic E-state index is -0.909. The Morgan fingerprint density at radius 1 is 1.26 bits per heavy atom. The Hall–Kier alpha value is -1.81. The number of carbonyl (C=O) groups is 1. The summed E-state index contributed by atoms with van der Waals surface area (Å²) in [6.45, 7) is 4.22. The van der Waals surface area contributed by atoms with E-state index in [1.54, 1.807) is 12.5 Å². The van der Waals surface area contributed by atoms with Gasteiger partial charge in [-0.2, -0.15) is 11.3 Å². The van der Waals surface area contributed by atoms with Crippen LogP contribution in [0.25, 0.3) is 11.1 Å². The molecule has 0 aliphatic heterocycles. The molecule has 3 nitrogen and oxygen atoms in total. The van der Waals surface area contributed by atoms with Crippen molar-refractivity contribution >= 4 is 17.3 Å². The molecule has 2 aromatic rings. The Morgan fingerprint density at radius 2 is 2.00 bits per heavy atom. The molecule has 0 bridgehead atoms. The summed E-state index contributed by atoms with van der Waals surface area (Å²) in [5, 5.41) is 12.7. The van der Waals surface area contributed by atoms with E-state index < -0.39 is 5.97 Å². The number of aromatic carboxylic acids is 1. The van der Waals surface area contributed by atoms with Crippen LogP contribution in [0, 0.1) is 0 Å². The van der Waals surface area contributed by atoms with Crippen LogP contribution in [0.1, 0.15) is 35.7 Å². The van der Waals surface area contributed by atoms with Crippen molar-refractivity contribution in [2.45, 2.75) is 19.8 Å². The van der Waals surface area contributed by atoms with Gasteiger partial charge in [0.25, 0.3) is 0 Å². The third kappa shape index (κ3) is 2.63. The molecule has 1 aromatic heterocycles. The zero-order valence-corrected chi connectivity index (χ0v) is 12.0. The van der Waals surface area contributed by atoms with Crippen LogP contribution < -0.4 is 4.74 Å². The summed E-state index contributed by atoms with van der Waals surface area (Å²) in [7, 11) is 1.60. The minimum absolute atomic E-state index is 0.323. The van der Waals surface area contributed by atoms with Gasteiger partial charge in [0.1, 0.15) is 5.75 Å². The second-order valence-corrected chi connectivity index (χ2v) is 5.36. The van der Waals surface area contributed by atoms with Gasteiger partial charge in [-0.3, -0.25) is 0 Å². The van der Waals surface area contributed by atoms with E-state index in [4.69, 9.17) is 4.74 Å². The lowest BCUT2D eigenvalue weighted by Crippen LogP contribution is -1.98. The van der Waals surface area contributed by atoms with E-state index in [9.17, 15) is 9.90 Å². The number of hydrogen-bond donors (Lipinski definition) is 1. The zero-order valence-electron chi connectivity index (χ0n) is 11.1. The molecule has 0 aliphatic rings. The highest BCUT2D eigenvalue weighted by atomic mass is 32.1. The van der Waals surface area contributed by atoms with E-state index in [2.05, 4.69) is 13.8 Å². The molecule has 0 saturated carbocycles. The van der Waals surface area contributed by atoms with Crippen LogP contribution in [-0.4, -0.2) is 18.2 Å². The molecule has 1 heterocycles. The van der Waals surface area contributed by atoms with Crippen molar-refractivity contribution in [3.63, 3.8) is 0 Å². The van der Waals surface area contributed by atoms with Crippen LogP contribution >= 0.6 is 11.3 Å². The number of carboxylic acids is 1. The molecule has 100 valence electrons. The zero-order chi connectivity index (χ0) is 14.0. The molecular formula is C15H16O3S. The quantitative estimate of drug-likeness (QED) is 0.908. The van der Waals surface area contributed by atoms with Gasteiger partial charge in [0.05, 0.1) is 12.7 Å². The predicted molar refractivity (Wildman–Crippen MR) is 77.4 cm³/mol. The Morgan fingerprint density at radius 3 is 2.58 bits per heavy atom. The Balaban J connectivity index is 2.62. The molecule has 4 heteroatoms. The monoisotopic (exact) mass is 276 g/mol. The second-order valence-electron chi connectivity index (χ2n) is 4.62. The molecule has 0 unspecified atom stereocenters. The van der Waals surface area contributed by atoms with E-state index in [0.717, 1.165) is 11.1 Å². The fourth-order valence-electron chi connectivity index (χ4n) is 1.97. The standard InChI is InChI=1S/C15H16O3S/c1-9(2)10-4-5-14(18-3)11(6-10)12-7-19-8-13(12)15(16)17/h4-9H,1-3H3,(H,16,17). The van der Waals surface area contributed by atoms with Crippen LogP contribution in [0.3, 0.4) is 0 Å². The molecule has 19 heavy (non-hydrogen) atoms.